The fourth-order valence-corrected chi connectivity index (χ4v) is 3.47. The van der Waals surface area contributed by atoms with Crippen LogP contribution in [0.25, 0.3) is 0 Å². The van der Waals surface area contributed by atoms with E-state index in [1.165, 1.54) is 4.88 Å². The van der Waals surface area contributed by atoms with Crippen molar-refractivity contribution in [1.82, 2.24) is 10.3 Å². The number of hydrogen-bond acceptors (Lipinski definition) is 5. The van der Waals surface area contributed by atoms with Crippen molar-refractivity contribution in [1.29, 1.82) is 0 Å². The monoisotopic (exact) mass is 347 g/mol. The normalized spacial score (nSPS) is 12.0. The first-order chi connectivity index (χ1) is 11.5. The predicted octanol–water partition coefficient (Wildman–Crippen LogP) is 3.32. The van der Waals surface area contributed by atoms with Gasteiger partial charge in [0.2, 0.25) is 5.91 Å². The smallest absolute Gasteiger partial charge is 0.226 e. The van der Waals surface area contributed by atoms with Crippen molar-refractivity contribution in [3.8, 4) is 5.75 Å². The van der Waals surface area contributed by atoms with Crippen LogP contribution in [0.15, 0.2) is 24.3 Å². The maximum Gasteiger partial charge on any atom is 0.226 e. The zero-order chi connectivity index (χ0) is 17.5. The molecule has 130 valence electrons. The van der Waals surface area contributed by atoms with Gasteiger partial charge in [-0.05, 0) is 39.3 Å². The van der Waals surface area contributed by atoms with Crippen LogP contribution in [0.2, 0.25) is 0 Å². The van der Waals surface area contributed by atoms with E-state index in [2.05, 4.69) is 15.6 Å². The third-order valence-corrected chi connectivity index (χ3v) is 4.85. The van der Waals surface area contributed by atoms with Crippen LogP contribution in [0.4, 0.5) is 5.69 Å². The molecule has 1 aromatic carbocycles. The summed E-state index contributed by atoms with van der Waals surface area (Å²) in [7, 11) is 1.60. The van der Waals surface area contributed by atoms with Gasteiger partial charge in [0, 0.05) is 23.9 Å². The highest BCUT2D eigenvalue weighted by Gasteiger charge is 2.12. The Morgan fingerprint density at radius 2 is 2.08 bits per heavy atom. The van der Waals surface area contributed by atoms with Crippen molar-refractivity contribution >= 4 is 22.9 Å². The van der Waals surface area contributed by atoms with Gasteiger partial charge in [0.1, 0.15) is 5.75 Å². The van der Waals surface area contributed by atoms with Crippen LogP contribution >= 0.6 is 11.3 Å². The van der Waals surface area contributed by atoms with Gasteiger partial charge in [-0.3, -0.25) is 4.79 Å². The van der Waals surface area contributed by atoms with Gasteiger partial charge in [-0.1, -0.05) is 12.1 Å². The van der Waals surface area contributed by atoms with E-state index in [4.69, 9.17) is 4.74 Å². The zero-order valence-electron chi connectivity index (χ0n) is 14.7. The number of methoxy groups -OCH3 is 1. The van der Waals surface area contributed by atoms with Crippen molar-refractivity contribution in [2.45, 2.75) is 39.7 Å². The lowest BCUT2D eigenvalue weighted by molar-refractivity contribution is -0.116. The molecular weight excluding hydrogens is 322 g/mol. The quantitative estimate of drug-likeness (QED) is 0.769. The number of nitrogens with zero attached hydrogens (tertiary/aromatic N) is 1. The largest absolute Gasteiger partial charge is 0.495 e. The number of carbonyl (C=O) groups is 1. The Morgan fingerprint density at radius 1 is 1.33 bits per heavy atom. The van der Waals surface area contributed by atoms with Gasteiger partial charge in [-0.15, -0.1) is 11.3 Å². The molecule has 1 aromatic heterocycles. The molecule has 1 heterocycles. The number of hydrogen-bond donors (Lipinski definition) is 2. The highest BCUT2D eigenvalue weighted by molar-refractivity contribution is 7.11. The molecule has 0 saturated carbocycles. The van der Waals surface area contributed by atoms with E-state index < -0.39 is 0 Å². The second-order valence-corrected chi connectivity index (χ2v) is 7.09. The lowest BCUT2D eigenvalue weighted by Gasteiger charge is -2.14. The van der Waals surface area contributed by atoms with Gasteiger partial charge in [-0.2, -0.15) is 0 Å². The van der Waals surface area contributed by atoms with Gasteiger partial charge in [-0.25, -0.2) is 4.98 Å². The maximum absolute atomic E-state index is 12.2. The van der Waals surface area contributed by atoms with E-state index >= 15 is 0 Å². The lowest BCUT2D eigenvalue weighted by atomic mass is 10.2. The summed E-state index contributed by atoms with van der Waals surface area (Å²) in [4.78, 5) is 17.9. The number of para-hydroxylation sites is 2. The number of rotatable bonds is 8. The first kappa shape index (κ1) is 18.4. The molecule has 0 aliphatic carbocycles. The second kappa shape index (κ2) is 8.80. The first-order valence-electron chi connectivity index (χ1n) is 8.08. The van der Waals surface area contributed by atoms with E-state index in [0.29, 0.717) is 17.9 Å². The number of ether oxygens (including phenoxy) is 1. The highest BCUT2D eigenvalue weighted by Crippen LogP contribution is 2.23. The van der Waals surface area contributed by atoms with Gasteiger partial charge < -0.3 is 15.4 Å². The Kier molecular flexibility index (Phi) is 6.75. The third-order valence-electron chi connectivity index (χ3n) is 3.72. The fraction of sp³-hybridized carbons (Fsp3) is 0.444. The summed E-state index contributed by atoms with van der Waals surface area (Å²) in [5, 5.41) is 7.40. The van der Waals surface area contributed by atoms with Crippen LogP contribution in [0, 0.1) is 13.8 Å². The minimum absolute atomic E-state index is 0.0238. The van der Waals surface area contributed by atoms with Gasteiger partial charge in [0.05, 0.1) is 23.5 Å². The van der Waals surface area contributed by atoms with Crippen molar-refractivity contribution in [2.24, 2.45) is 0 Å². The molecule has 1 atom stereocenters. The van der Waals surface area contributed by atoms with Gasteiger partial charge >= 0.3 is 0 Å². The second-order valence-electron chi connectivity index (χ2n) is 5.80. The van der Waals surface area contributed by atoms with E-state index in [9.17, 15) is 4.79 Å². The molecule has 0 aliphatic heterocycles. The fourth-order valence-electron chi connectivity index (χ4n) is 2.54. The molecule has 0 spiro atoms. The number of benzene rings is 1. The zero-order valence-corrected chi connectivity index (χ0v) is 15.5. The summed E-state index contributed by atoms with van der Waals surface area (Å²) in [5.41, 5.74) is 1.81. The van der Waals surface area contributed by atoms with Crippen molar-refractivity contribution < 1.29 is 9.53 Å². The van der Waals surface area contributed by atoms with Crippen LogP contribution in [0.5, 0.6) is 5.75 Å². The molecule has 6 heteroatoms. The van der Waals surface area contributed by atoms with Gasteiger partial charge in [0.15, 0.2) is 0 Å². The molecular formula is C18H25N3O2S. The van der Waals surface area contributed by atoms with Crippen LogP contribution in [0.3, 0.4) is 0 Å². The number of nitrogens with one attached hydrogen (secondary N) is 2. The minimum atomic E-state index is -0.0238. The topological polar surface area (TPSA) is 63.2 Å². The maximum atomic E-state index is 12.2. The Bertz CT molecular complexity index is 685. The van der Waals surface area contributed by atoms with E-state index in [1.54, 1.807) is 18.4 Å². The molecule has 0 unspecified atom stereocenters. The summed E-state index contributed by atoms with van der Waals surface area (Å²) >= 11 is 1.74. The standard InChI is InChI=1S/C18H25N3O2S/c1-12(19-10-9-17-13(2)20-14(3)24-17)11-18(22)21-15-7-5-6-8-16(15)23-4/h5-8,12,19H,9-11H2,1-4H3,(H,21,22)/t12-/m0/s1. The van der Waals surface area contributed by atoms with E-state index in [1.807, 2.05) is 45.0 Å². The first-order valence-corrected chi connectivity index (χ1v) is 8.90. The number of aromatic nitrogens is 1. The summed E-state index contributed by atoms with van der Waals surface area (Å²) in [5.74, 6) is 0.645. The van der Waals surface area contributed by atoms with E-state index in [0.717, 1.165) is 23.7 Å². The van der Waals surface area contributed by atoms with E-state index in [-0.39, 0.29) is 11.9 Å². The summed E-state index contributed by atoms with van der Waals surface area (Å²) in [6.07, 6.45) is 1.36. The molecule has 2 rings (SSSR count). The molecule has 24 heavy (non-hydrogen) atoms. The average molecular weight is 347 g/mol. The number of aryl methyl sites for hydroxylation is 2. The Morgan fingerprint density at radius 3 is 2.75 bits per heavy atom. The van der Waals surface area contributed by atoms with Crippen LogP contribution in [-0.4, -0.2) is 30.6 Å². The molecule has 0 radical (unpaired) electrons. The SMILES string of the molecule is COc1ccccc1NC(=O)C[C@H](C)NCCc1sc(C)nc1C. The molecule has 2 N–H and O–H groups in total. The molecule has 0 bridgehead atoms. The molecule has 5 nitrogen and oxygen atoms in total. The predicted molar refractivity (Wildman–Crippen MR) is 99.0 cm³/mol. The Labute approximate surface area is 147 Å². The lowest BCUT2D eigenvalue weighted by Crippen LogP contribution is -2.32. The number of anilines is 1. The highest BCUT2D eigenvalue weighted by atomic mass is 32.1. The molecule has 1 amide bonds. The van der Waals surface area contributed by atoms with Crippen LogP contribution in [0.1, 0.15) is 28.9 Å². The van der Waals surface area contributed by atoms with Gasteiger partial charge in [0.25, 0.3) is 0 Å². The van der Waals surface area contributed by atoms with Crippen molar-refractivity contribution in [2.75, 3.05) is 19.0 Å². The molecule has 0 saturated heterocycles. The summed E-state index contributed by atoms with van der Waals surface area (Å²) in [6, 6.07) is 7.52. The Hall–Kier alpha value is -1.92. The van der Waals surface area contributed by atoms with Crippen LogP contribution < -0.4 is 15.4 Å². The Balaban J connectivity index is 1.76. The molecule has 2 aromatic rings. The molecule has 0 aliphatic rings. The minimum Gasteiger partial charge on any atom is -0.495 e. The molecule has 0 fully saturated rings. The number of amides is 1. The number of thiazole rings is 1. The summed E-state index contributed by atoms with van der Waals surface area (Å²) < 4.78 is 5.24. The number of carbonyl (C=O) groups excluding carboxylic acids is 1. The summed E-state index contributed by atoms with van der Waals surface area (Å²) in [6.45, 7) is 6.93. The van der Waals surface area contributed by atoms with Crippen LogP contribution in [-0.2, 0) is 11.2 Å². The third kappa shape index (κ3) is 5.32. The average Bonchev–Trinajstić information content (AvgIpc) is 2.85. The van der Waals surface area contributed by atoms with Crippen molar-refractivity contribution in [3.05, 3.63) is 39.8 Å². The van der Waals surface area contributed by atoms with Crippen molar-refractivity contribution in [3.63, 3.8) is 0 Å².